The number of oxazole rings is 1. The summed E-state index contributed by atoms with van der Waals surface area (Å²) in [5, 5.41) is 0. The van der Waals surface area contributed by atoms with Crippen LogP contribution in [0.3, 0.4) is 0 Å². The number of rotatable bonds is 3. The van der Waals surface area contributed by atoms with Crippen LogP contribution in [-0.4, -0.2) is 10.3 Å². The third-order valence-electron chi connectivity index (χ3n) is 2.38. The second kappa shape index (κ2) is 4.14. The van der Waals surface area contributed by atoms with E-state index in [0.29, 0.717) is 18.0 Å². The number of fused-ring (bicyclic) bond motifs is 1. The highest BCUT2D eigenvalue weighted by Crippen LogP contribution is 2.13. The summed E-state index contributed by atoms with van der Waals surface area (Å²) in [6, 6.07) is 7.46. The Labute approximate surface area is 93.1 Å². The molecule has 0 saturated heterocycles. The highest BCUT2D eigenvalue weighted by atomic mass is 32.1. The summed E-state index contributed by atoms with van der Waals surface area (Å²) >= 11 is 4.21. The van der Waals surface area contributed by atoms with E-state index in [0.717, 1.165) is 11.3 Å². The van der Waals surface area contributed by atoms with Gasteiger partial charge >= 0.3 is 5.76 Å². The molecule has 0 N–H and O–H groups in total. The summed E-state index contributed by atoms with van der Waals surface area (Å²) in [5.41, 5.74) is 1.50. The monoisotopic (exact) mass is 223 g/mol. The predicted molar refractivity (Wildman–Crippen MR) is 63.5 cm³/mol. The summed E-state index contributed by atoms with van der Waals surface area (Å²) < 4.78 is 6.79. The van der Waals surface area contributed by atoms with E-state index in [-0.39, 0.29) is 5.76 Å². The molecule has 0 bridgehead atoms. The van der Waals surface area contributed by atoms with Crippen molar-refractivity contribution in [2.24, 2.45) is 5.92 Å². The maximum atomic E-state index is 11.6. The topological polar surface area (TPSA) is 35.1 Å². The summed E-state index contributed by atoms with van der Waals surface area (Å²) in [7, 11) is 0. The largest absolute Gasteiger partial charge is 0.419 e. The first-order valence-electron chi connectivity index (χ1n) is 4.91. The first kappa shape index (κ1) is 10.4. The predicted octanol–water partition coefficient (Wildman–Crippen LogP) is 2.16. The van der Waals surface area contributed by atoms with E-state index in [1.807, 2.05) is 18.2 Å². The first-order valence-corrected chi connectivity index (χ1v) is 5.55. The van der Waals surface area contributed by atoms with Gasteiger partial charge in [-0.3, -0.25) is 4.57 Å². The van der Waals surface area contributed by atoms with Crippen LogP contribution in [0, 0.1) is 5.92 Å². The summed E-state index contributed by atoms with van der Waals surface area (Å²) in [6.07, 6.45) is 0. The van der Waals surface area contributed by atoms with Crippen LogP contribution in [-0.2, 0) is 6.54 Å². The van der Waals surface area contributed by atoms with Crippen molar-refractivity contribution in [1.82, 2.24) is 4.57 Å². The van der Waals surface area contributed by atoms with Crippen molar-refractivity contribution < 1.29 is 4.42 Å². The van der Waals surface area contributed by atoms with Crippen molar-refractivity contribution in [2.45, 2.75) is 13.5 Å². The maximum Gasteiger partial charge on any atom is 0.419 e. The molecule has 0 fully saturated rings. The first-order chi connectivity index (χ1) is 7.22. The number of nitrogens with zero attached hydrogens (tertiary/aromatic N) is 1. The van der Waals surface area contributed by atoms with Crippen molar-refractivity contribution in [3.8, 4) is 0 Å². The fourth-order valence-electron chi connectivity index (χ4n) is 1.56. The molecule has 2 rings (SSSR count). The van der Waals surface area contributed by atoms with Gasteiger partial charge in [0, 0.05) is 6.54 Å². The number of hydrogen-bond acceptors (Lipinski definition) is 3. The van der Waals surface area contributed by atoms with Gasteiger partial charge in [0.15, 0.2) is 5.58 Å². The Morgan fingerprint density at radius 1 is 1.47 bits per heavy atom. The molecule has 15 heavy (non-hydrogen) atoms. The zero-order valence-electron chi connectivity index (χ0n) is 8.51. The average molecular weight is 223 g/mol. The molecular formula is C11H13NO2S. The Kier molecular flexibility index (Phi) is 2.86. The fourth-order valence-corrected chi connectivity index (χ4v) is 1.67. The molecule has 0 saturated carbocycles. The molecule has 0 aliphatic carbocycles. The van der Waals surface area contributed by atoms with Gasteiger partial charge < -0.3 is 4.42 Å². The van der Waals surface area contributed by atoms with Crippen molar-refractivity contribution in [1.29, 1.82) is 0 Å². The van der Waals surface area contributed by atoms with Crippen molar-refractivity contribution >= 4 is 23.7 Å². The van der Waals surface area contributed by atoms with Crippen LogP contribution in [0.2, 0.25) is 0 Å². The fraction of sp³-hybridized carbons (Fsp3) is 0.364. The number of benzene rings is 1. The molecule has 1 aromatic heterocycles. The van der Waals surface area contributed by atoms with Gasteiger partial charge in [-0.1, -0.05) is 19.1 Å². The van der Waals surface area contributed by atoms with Gasteiger partial charge in [-0.15, -0.1) is 0 Å². The van der Waals surface area contributed by atoms with Crippen LogP contribution in [0.4, 0.5) is 0 Å². The molecule has 1 aromatic carbocycles. The van der Waals surface area contributed by atoms with Crippen LogP contribution >= 0.6 is 12.6 Å². The summed E-state index contributed by atoms with van der Waals surface area (Å²) in [6.45, 7) is 2.71. The van der Waals surface area contributed by atoms with E-state index in [2.05, 4.69) is 19.6 Å². The number of hydrogen-bond donors (Lipinski definition) is 1. The standard InChI is InChI=1S/C11H13NO2S/c1-8(7-15)6-12-9-4-2-3-5-10(9)14-11(12)13/h2-5,8,15H,6-7H2,1H3. The second-order valence-corrected chi connectivity index (χ2v) is 4.10. The average Bonchev–Trinajstić information content (AvgIpc) is 2.55. The van der Waals surface area contributed by atoms with Crippen LogP contribution in [0.25, 0.3) is 11.1 Å². The van der Waals surface area contributed by atoms with Gasteiger partial charge in [0.25, 0.3) is 0 Å². The number of aromatic nitrogens is 1. The maximum absolute atomic E-state index is 11.6. The van der Waals surface area contributed by atoms with E-state index in [1.165, 1.54) is 0 Å². The smallest absolute Gasteiger partial charge is 0.408 e. The molecule has 1 heterocycles. The highest BCUT2D eigenvalue weighted by molar-refractivity contribution is 7.80. The Bertz CT molecular complexity index is 515. The zero-order valence-corrected chi connectivity index (χ0v) is 9.41. The Balaban J connectivity index is 2.50. The normalized spacial score (nSPS) is 13.2. The van der Waals surface area contributed by atoms with Gasteiger partial charge in [-0.2, -0.15) is 12.6 Å². The quantitative estimate of drug-likeness (QED) is 0.809. The molecule has 0 aliphatic rings. The highest BCUT2D eigenvalue weighted by Gasteiger charge is 2.10. The van der Waals surface area contributed by atoms with E-state index in [4.69, 9.17) is 4.42 Å². The Morgan fingerprint density at radius 3 is 2.93 bits per heavy atom. The van der Waals surface area contributed by atoms with Crippen molar-refractivity contribution in [3.63, 3.8) is 0 Å². The minimum atomic E-state index is -0.287. The zero-order chi connectivity index (χ0) is 10.8. The van der Waals surface area contributed by atoms with Crippen molar-refractivity contribution in [3.05, 3.63) is 34.8 Å². The van der Waals surface area contributed by atoms with Gasteiger partial charge in [-0.25, -0.2) is 4.79 Å². The second-order valence-electron chi connectivity index (χ2n) is 3.73. The van der Waals surface area contributed by atoms with Crippen LogP contribution in [0.5, 0.6) is 0 Å². The molecule has 1 unspecified atom stereocenters. The third-order valence-corrected chi connectivity index (χ3v) is 3.00. The van der Waals surface area contributed by atoms with Crippen molar-refractivity contribution in [2.75, 3.05) is 5.75 Å². The van der Waals surface area contributed by atoms with Crippen LogP contribution in [0.1, 0.15) is 6.92 Å². The molecule has 4 heteroatoms. The number of thiol groups is 1. The van der Waals surface area contributed by atoms with Gasteiger partial charge in [0.05, 0.1) is 5.52 Å². The molecule has 80 valence electrons. The lowest BCUT2D eigenvalue weighted by molar-refractivity contribution is 0.462. The van der Waals surface area contributed by atoms with E-state index < -0.39 is 0 Å². The minimum absolute atomic E-state index is 0.287. The minimum Gasteiger partial charge on any atom is -0.408 e. The van der Waals surface area contributed by atoms with Crippen LogP contribution in [0.15, 0.2) is 33.5 Å². The van der Waals surface area contributed by atoms with E-state index >= 15 is 0 Å². The molecule has 2 aromatic rings. The Morgan fingerprint density at radius 2 is 2.20 bits per heavy atom. The van der Waals surface area contributed by atoms with Gasteiger partial charge in [0.1, 0.15) is 0 Å². The lowest BCUT2D eigenvalue weighted by Crippen LogP contribution is -2.19. The molecule has 3 nitrogen and oxygen atoms in total. The van der Waals surface area contributed by atoms with Crippen LogP contribution < -0.4 is 5.76 Å². The molecule has 0 spiro atoms. The number of para-hydroxylation sites is 2. The summed E-state index contributed by atoms with van der Waals surface area (Å²) in [5.74, 6) is 0.822. The molecule has 0 radical (unpaired) electrons. The van der Waals surface area contributed by atoms with E-state index in [9.17, 15) is 4.79 Å². The SMILES string of the molecule is CC(CS)Cn1c(=O)oc2ccccc21. The molecule has 0 aliphatic heterocycles. The molecule has 1 atom stereocenters. The third kappa shape index (κ3) is 1.95. The van der Waals surface area contributed by atoms with Gasteiger partial charge in [-0.05, 0) is 23.8 Å². The lowest BCUT2D eigenvalue weighted by Gasteiger charge is -2.07. The van der Waals surface area contributed by atoms with E-state index in [1.54, 1.807) is 10.6 Å². The Hall–Kier alpha value is -1.16. The molecular weight excluding hydrogens is 210 g/mol. The summed E-state index contributed by atoms with van der Waals surface area (Å²) in [4.78, 5) is 11.6. The lowest BCUT2D eigenvalue weighted by atomic mass is 10.2. The van der Waals surface area contributed by atoms with Gasteiger partial charge in [0.2, 0.25) is 0 Å². The molecule has 0 amide bonds.